The molecule has 1 heteroatoms. The van der Waals surface area contributed by atoms with Gasteiger partial charge in [0.2, 0.25) is 0 Å². The van der Waals surface area contributed by atoms with E-state index in [4.69, 9.17) is 0 Å². The van der Waals surface area contributed by atoms with Gasteiger partial charge < -0.3 is 5.32 Å². The molecule has 1 atom stereocenters. The third kappa shape index (κ3) is 3.73. The van der Waals surface area contributed by atoms with Crippen molar-refractivity contribution in [2.24, 2.45) is 0 Å². The molecule has 20 heavy (non-hydrogen) atoms. The van der Waals surface area contributed by atoms with E-state index in [0.29, 0.717) is 0 Å². The van der Waals surface area contributed by atoms with E-state index >= 15 is 0 Å². The summed E-state index contributed by atoms with van der Waals surface area (Å²) in [5.41, 5.74) is 4.78. The summed E-state index contributed by atoms with van der Waals surface area (Å²) in [4.78, 5) is 0. The summed E-state index contributed by atoms with van der Waals surface area (Å²) in [6, 6.07) is 9.90. The lowest BCUT2D eigenvalue weighted by molar-refractivity contribution is 0.547. The average molecular weight is 269 g/mol. The number of hydrogen-bond acceptors (Lipinski definition) is 1. The topological polar surface area (TPSA) is 12.0 Å². The molecular formula is C19H27N. The number of rotatable bonds is 6. The smallest absolute Gasteiger partial charge is 0.00683 e. The van der Waals surface area contributed by atoms with Gasteiger partial charge in [-0.3, -0.25) is 0 Å². The molecule has 0 amide bonds. The summed E-state index contributed by atoms with van der Waals surface area (Å²) in [5, 5.41) is 3.59. The van der Waals surface area contributed by atoms with Gasteiger partial charge in [0.1, 0.15) is 0 Å². The van der Waals surface area contributed by atoms with Crippen LogP contribution in [0.5, 0.6) is 0 Å². The first-order chi connectivity index (χ1) is 9.83. The Kier molecular flexibility index (Phi) is 4.57. The van der Waals surface area contributed by atoms with Gasteiger partial charge in [0.15, 0.2) is 0 Å². The maximum absolute atomic E-state index is 3.59. The number of nitrogens with one attached hydrogen (secondary N) is 1. The van der Waals surface area contributed by atoms with Crippen LogP contribution in [0.15, 0.2) is 35.9 Å². The molecule has 0 spiro atoms. The molecule has 2 aliphatic rings. The SMILES string of the molecule is CC(=CCCNC1CC1)CC1CCCc2ccccc21. The molecule has 2 aliphatic carbocycles. The molecule has 0 bridgehead atoms. The molecule has 0 saturated heterocycles. The largest absolute Gasteiger partial charge is 0.314 e. The minimum Gasteiger partial charge on any atom is -0.314 e. The zero-order valence-corrected chi connectivity index (χ0v) is 12.7. The number of hydrogen-bond donors (Lipinski definition) is 1. The van der Waals surface area contributed by atoms with Crippen LogP contribution in [0.3, 0.4) is 0 Å². The fourth-order valence-electron chi connectivity index (χ4n) is 3.43. The van der Waals surface area contributed by atoms with E-state index in [-0.39, 0.29) is 0 Å². The van der Waals surface area contributed by atoms with Crippen molar-refractivity contribution in [2.75, 3.05) is 6.54 Å². The molecule has 1 aromatic carbocycles. The number of allylic oxidation sites excluding steroid dienone is 1. The van der Waals surface area contributed by atoms with Crippen molar-refractivity contribution in [2.45, 2.75) is 63.8 Å². The molecule has 1 N–H and O–H groups in total. The Balaban J connectivity index is 1.53. The summed E-state index contributed by atoms with van der Waals surface area (Å²) < 4.78 is 0. The molecule has 1 unspecified atom stereocenters. The second-order valence-electron chi connectivity index (χ2n) is 6.56. The first-order valence-electron chi connectivity index (χ1n) is 8.30. The van der Waals surface area contributed by atoms with Crippen LogP contribution in [0.25, 0.3) is 0 Å². The molecule has 0 aromatic heterocycles. The second kappa shape index (κ2) is 6.58. The van der Waals surface area contributed by atoms with Crippen molar-refractivity contribution in [3.63, 3.8) is 0 Å². The summed E-state index contributed by atoms with van der Waals surface area (Å²) >= 11 is 0. The third-order valence-corrected chi connectivity index (χ3v) is 4.71. The van der Waals surface area contributed by atoms with Gasteiger partial charge in [-0.15, -0.1) is 0 Å². The lowest BCUT2D eigenvalue weighted by Crippen LogP contribution is -2.16. The lowest BCUT2D eigenvalue weighted by Gasteiger charge is -2.25. The van der Waals surface area contributed by atoms with Gasteiger partial charge in [-0.2, -0.15) is 0 Å². The van der Waals surface area contributed by atoms with Crippen molar-refractivity contribution in [1.82, 2.24) is 5.32 Å². The zero-order valence-electron chi connectivity index (χ0n) is 12.7. The highest BCUT2D eigenvalue weighted by Crippen LogP contribution is 2.35. The van der Waals surface area contributed by atoms with Gasteiger partial charge in [0.05, 0.1) is 0 Å². The van der Waals surface area contributed by atoms with Crippen LogP contribution in [-0.2, 0) is 6.42 Å². The van der Waals surface area contributed by atoms with E-state index in [0.717, 1.165) is 18.5 Å². The van der Waals surface area contributed by atoms with E-state index in [9.17, 15) is 0 Å². The molecule has 3 rings (SSSR count). The van der Waals surface area contributed by atoms with E-state index in [1.54, 1.807) is 16.7 Å². The lowest BCUT2D eigenvalue weighted by atomic mass is 9.79. The highest BCUT2D eigenvalue weighted by molar-refractivity contribution is 5.33. The third-order valence-electron chi connectivity index (χ3n) is 4.71. The van der Waals surface area contributed by atoms with Gasteiger partial charge in [0, 0.05) is 6.04 Å². The Morgan fingerprint density at radius 1 is 1.25 bits per heavy atom. The van der Waals surface area contributed by atoms with Crippen LogP contribution < -0.4 is 5.32 Å². The molecule has 0 radical (unpaired) electrons. The molecule has 1 saturated carbocycles. The van der Waals surface area contributed by atoms with Crippen LogP contribution in [0.4, 0.5) is 0 Å². The van der Waals surface area contributed by atoms with Crippen molar-refractivity contribution in [1.29, 1.82) is 0 Å². The van der Waals surface area contributed by atoms with Gasteiger partial charge in [0.25, 0.3) is 0 Å². The molecule has 0 heterocycles. The standard InChI is InChI=1S/C19H27N/c1-15(6-5-13-20-18-11-12-18)14-17-9-4-8-16-7-2-3-10-19(16)17/h2-3,6-7,10,17-18,20H,4-5,8-9,11-14H2,1H3. The van der Waals surface area contributed by atoms with Crippen molar-refractivity contribution < 1.29 is 0 Å². The maximum atomic E-state index is 3.59. The van der Waals surface area contributed by atoms with E-state index in [1.165, 1.54) is 44.9 Å². The maximum Gasteiger partial charge on any atom is 0.00683 e. The zero-order chi connectivity index (χ0) is 13.8. The minimum absolute atomic E-state index is 0.757. The van der Waals surface area contributed by atoms with E-state index < -0.39 is 0 Å². The Bertz CT molecular complexity index is 470. The highest BCUT2D eigenvalue weighted by atomic mass is 14.9. The molecule has 108 valence electrons. The number of aryl methyl sites for hydroxylation is 1. The summed E-state index contributed by atoms with van der Waals surface area (Å²) in [6.07, 6.45) is 11.7. The highest BCUT2D eigenvalue weighted by Gasteiger charge is 2.20. The molecule has 1 nitrogen and oxygen atoms in total. The molecule has 1 fully saturated rings. The summed E-state index contributed by atoms with van der Waals surface area (Å²) in [7, 11) is 0. The normalized spacial score (nSPS) is 22.6. The van der Waals surface area contributed by atoms with Crippen molar-refractivity contribution in [3.8, 4) is 0 Å². The van der Waals surface area contributed by atoms with Gasteiger partial charge in [-0.25, -0.2) is 0 Å². The summed E-state index contributed by atoms with van der Waals surface area (Å²) in [6.45, 7) is 3.47. The van der Waals surface area contributed by atoms with Crippen molar-refractivity contribution in [3.05, 3.63) is 47.0 Å². The van der Waals surface area contributed by atoms with Gasteiger partial charge in [-0.05, 0) is 75.5 Å². The Morgan fingerprint density at radius 2 is 2.10 bits per heavy atom. The predicted octanol–water partition coefficient (Wildman–Crippen LogP) is 4.59. The second-order valence-corrected chi connectivity index (χ2v) is 6.56. The van der Waals surface area contributed by atoms with Crippen LogP contribution >= 0.6 is 0 Å². The Labute approximate surface area is 123 Å². The number of fused-ring (bicyclic) bond motifs is 1. The molecule has 1 aromatic rings. The predicted molar refractivity (Wildman–Crippen MR) is 86.1 cm³/mol. The number of benzene rings is 1. The minimum atomic E-state index is 0.757. The average Bonchev–Trinajstić information content (AvgIpc) is 3.28. The fraction of sp³-hybridized carbons (Fsp3) is 0.579. The van der Waals surface area contributed by atoms with Crippen LogP contribution in [0.1, 0.15) is 62.5 Å². The van der Waals surface area contributed by atoms with Crippen LogP contribution in [0.2, 0.25) is 0 Å². The first kappa shape index (κ1) is 13.9. The summed E-state index contributed by atoms with van der Waals surface area (Å²) in [5.74, 6) is 0.757. The van der Waals surface area contributed by atoms with Crippen LogP contribution in [-0.4, -0.2) is 12.6 Å². The van der Waals surface area contributed by atoms with Crippen LogP contribution in [0, 0.1) is 0 Å². The Morgan fingerprint density at radius 3 is 2.95 bits per heavy atom. The Hall–Kier alpha value is -1.08. The van der Waals surface area contributed by atoms with E-state index in [1.807, 2.05) is 0 Å². The quantitative estimate of drug-likeness (QED) is 0.588. The van der Waals surface area contributed by atoms with Gasteiger partial charge in [-0.1, -0.05) is 35.9 Å². The fourth-order valence-corrected chi connectivity index (χ4v) is 3.43. The van der Waals surface area contributed by atoms with Gasteiger partial charge >= 0.3 is 0 Å². The molecular weight excluding hydrogens is 242 g/mol. The molecule has 0 aliphatic heterocycles. The monoisotopic (exact) mass is 269 g/mol. The first-order valence-corrected chi connectivity index (χ1v) is 8.30. The van der Waals surface area contributed by atoms with Crippen molar-refractivity contribution >= 4 is 0 Å². The van der Waals surface area contributed by atoms with E-state index in [2.05, 4.69) is 42.6 Å².